The molecule has 8 heteroatoms. The summed E-state index contributed by atoms with van der Waals surface area (Å²) >= 11 is 0. The molecule has 0 unspecified atom stereocenters. The number of nitrogens with one attached hydrogen (secondary N) is 1. The molecule has 0 bridgehead atoms. The number of fused-ring (bicyclic) bond motifs is 1. The van der Waals surface area contributed by atoms with Crippen molar-refractivity contribution in [2.75, 3.05) is 5.75 Å². The zero-order valence-corrected chi connectivity index (χ0v) is 12.1. The Morgan fingerprint density at radius 3 is 2.81 bits per heavy atom. The van der Waals surface area contributed by atoms with Crippen LogP contribution < -0.4 is 5.32 Å². The van der Waals surface area contributed by atoms with Gasteiger partial charge in [-0.2, -0.15) is 0 Å². The van der Waals surface area contributed by atoms with E-state index in [9.17, 15) is 13.2 Å². The fraction of sp³-hybridized carbons (Fsp3) is 0.308. The molecule has 2 heterocycles. The van der Waals surface area contributed by atoms with Crippen LogP contribution in [0.15, 0.2) is 33.8 Å². The molecule has 110 valence electrons. The van der Waals surface area contributed by atoms with Gasteiger partial charge in [-0.1, -0.05) is 23.4 Å². The number of carbonyl (C=O) groups excluding carboxylic acids is 1. The number of amides is 1. The molecule has 1 aromatic carbocycles. The number of aromatic nitrogens is 2. The average Bonchev–Trinajstić information content (AvgIpc) is 2.89. The minimum absolute atomic E-state index is 0.00497. The van der Waals surface area contributed by atoms with Crippen LogP contribution in [0.2, 0.25) is 0 Å². The predicted octanol–water partition coefficient (Wildman–Crippen LogP) is 1.03. The summed E-state index contributed by atoms with van der Waals surface area (Å²) in [5.74, 6) is -0.418. The summed E-state index contributed by atoms with van der Waals surface area (Å²) in [6.07, 6.45) is 0.329. The third kappa shape index (κ3) is 2.42. The van der Waals surface area contributed by atoms with Gasteiger partial charge in [0.15, 0.2) is 15.5 Å². The molecule has 1 N–H and O–H groups in total. The molecule has 1 aliphatic heterocycles. The van der Waals surface area contributed by atoms with Crippen LogP contribution in [0.1, 0.15) is 34.2 Å². The van der Waals surface area contributed by atoms with Crippen LogP contribution in [0.5, 0.6) is 0 Å². The highest BCUT2D eigenvalue weighted by Gasteiger charge is 2.31. The lowest BCUT2D eigenvalue weighted by Gasteiger charge is -2.25. The van der Waals surface area contributed by atoms with Crippen molar-refractivity contribution in [2.24, 2.45) is 0 Å². The zero-order chi connectivity index (χ0) is 15.0. The smallest absolute Gasteiger partial charge is 0.275 e. The number of hydrogen-bond donors (Lipinski definition) is 1. The van der Waals surface area contributed by atoms with E-state index in [1.165, 1.54) is 0 Å². The Bertz CT molecular complexity index is 797. The first-order chi connectivity index (χ1) is 9.99. The summed E-state index contributed by atoms with van der Waals surface area (Å²) in [4.78, 5) is 12.4. The van der Waals surface area contributed by atoms with Gasteiger partial charge < -0.3 is 5.32 Å². The summed E-state index contributed by atoms with van der Waals surface area (Å²) in [5.41, 5.74) is 1.11. The molecule has 0 radical (unpaired) electrons. The van der Waals surface area contributed by atoms with Crippen LogP contribution in [0.25, 0.3) is 0 Å². The Labute approximate surface area is 121 Å². The number of hydrogen-bond acceptors (Lipinski definition) is 6. The van der Waals surface area contributed by atoms with E-state index in [4.69, 9.17) is 0 Å². The van der Waals surface area contributed by atoms with Gasteiger partial charge in [0.1, 0.15) is 5.69 Å². The highest BCUT2D eigenvalue weighted by atomic mass is 32.2. The van der Waals surface area contributed by atoms with Crippen LogP contribution in [-0.2, 0) is 9.84 Å². The first-order valence-electron chi connectivity index (χ1n) is 6.41. The molecule has 21 heavy (non-hydrogen) atoms. The van der Waals surface area contributed by atoms with Crippen molar-refractivity contribution in [1.82, 2.24) is 15.6 Å². The van der Waals surface area contributed by atoms with E-state index < -0.39 is 15.7 Å². The average molecular weight is 307 g/mol. The summed E-state index contributed by atoms with van der Waals surface area (Å²) in [5, 5.41) is 9.89. The van der Waals surface area contributed by atoms with Crippen molar-refractivity contribution in [3.8, 4) is 0 Å². The van der Waals surface area contributed by atoms with Gasteiger partial charge in [-0.3, -0.25) is 4.79 Å². The molecular weight excluding hydrogens is 294 g/mol. The normalized spacial score (nSPS) is 19.8. The number of aryl methyl sites for hydroxylation is 1. The number of carbonyl (C=O) groups is 1. The molecule has 2 aromatic rings. The maximum atomic E-state index is 12.1. The van der Waals surface area contributed by atoms with Crippen LogP contribution in [0, 0.1) is 6.92 Å². The fourth-order valence-corrected chi connectivity index (χ4v) is 4.03. The molecule has 0 aliphatic carbocycles. The summed E-state index contributed by atoms with van der Waals surface area (Å²) < 4.78 is 28.6. The maximum absolute atomic E-state index is 12.1. The quantitative estimate of drug-likeness (QED) is 0.889. The monoisotopic (exact) mass is 307 g/mol. The first-order valence-corrected chi connectivity index (χ1v) is 8.06. The molecular formula is C13H13N3O4S. The second-order valence-corrected chi connectivity index (χ2v) is 6.95. The lowest BCUT2D eigenvalue weighted by molar-refractivity contribution is 0.0924. The third-order valence-corrected chi connectivity index (χ3v) is 5.29. The van der Waals surface area contributed by atoms with Crippen molar-refractivity contribution in [3.63, 3.8) is 0 Å². The van der Waals surface area contributed by atoms with E-state index in [1.807, 2.05) is 0 Å². The molecule has 0 saturated heterocycles. The van der Waals surface area contributed by atoms with Crippen LogP contribution in [-0.4, -0.2) is 30.4 Å². The van der Waals surface area contributed by atoms with Gasteiger partial charge in [0.05, 0.1) is 16.7 Å². The Kier molecular flexibility index (Phi) is 3.25. The molecule has 0 fully saturated rings. The van der Waals surface area contributed by atoms with E-state index in [1.54, 1.807) is 31.2 Å². The highest BCUT2D eigenvalue weighted by molar-refractivity contribution is 7.91. The molecule has 7 nitrogen and oxygen atoms in total. The number of nitrogens with zero attached hydrogens (tertiary/aromatic N) is 2. The lowest BCUT2D eigenvalue weighted by atomic mass is 10.0. The van der Waals surface area contributed by atoms with E-state index in [0.29, 0.717) is 17.7 Å². The van der Waals surface area contributed by atoms with E-state index in [0.717, 1.165) is 0 Å². The second-order valence-electron chi connectivity index (χ2n) is 4.87. The minimum atomic E-state index is -3.27. The molecule has 0 spiro atoms. The van der Waals surface area contributed by atoms with Crippen LogP contribution in [0.3, 0.4) is 0 Å². The van der Waals surface area contributed by atoms with E-state index in [-0.39, 0.29) is 22.4 Å². The standard InChI is InChI=1S/C13H13N3O4S/c1-8-12(16-20-15-8)13(17)14-10-6-7-21(18,19)11-5-3-2-4-9(10)11/h2-5,10H,6-7H2,1H3,(H,14,17)/t10-/m1/s1. The van der Waals surface area contributed by atoms with Gasteiger partial charge in [0.25, 0.3) is 5.91 Å². The van der Waals surface area contributed by atoms with Gasteiger partial charge in [-0.25, -0.2) is 13.0 Å². The molecule has 1 aromatic heterocycles. The summed E-state index contributed by atoms with van der Waals surface area (Å²) in [6.45, 7) is 1.62. The molecule has 1 atom stereocenters. The highest BCUT2D eigenvalue weighted by Crippen LogP contribution is 2.32. The van der Waals surface area contributed by atoms with Crippen molar-refractivity contribution in [2.45, 2.75) is 24.3 Å². The largest absolute Gasteiger partial charge is 0.344 e. The van der Waals surface area contributed by atoms with E-state index >= 15 is 0 Å². The third-order valence-electron chi connectivity index (χ3n) is 3.48. The van der Waals surface area contributed by atoms with Gasteiger partial charge >= 0.3 is 0 Å². The van der Waals surface area contributed by atoms with Crippen molar-refractivity contribution < 1.29 is 17.8 Å². The topological polar surface area (TPSA) is 102 Å². The molecule has 1 amide bonds. The fourth-order valence-electron chi connectivity index (χ4n) is 2.40. The summed E-state index contributed by atoms with van der Waals surface area (Å²) in [7, 11) is -3.27. The van der Waals surface area contributed by atoms with Gasteiger partial charge in [-0.15, -0.1) is 0 Å². The van der Waals surface area contributed by atoms with E-state index in [2.05, 4.69) is 20.3 Å². The number of sulfone groups is 1. The molecule has 3 rings (SSSR count). The lowest BCUT2D eigenvalue weighted by Crippen LogP contribution is -2.34. The Morgan fingerprint density at radius 1 is 1.33 bits per heavy atom. The number of benzene rings is 1. The Hall–Kier alpha value is -2.22. The summed E-state index contributed by atoms with van der Waals surface area (Å²) in [6, 6.07) is 6.33. The SMILES string of the molecule is Cc1nonc1C(=O)N[C@@H]1CCS(=O)(=O)c2ccccc21. The van der Waals surface area contributed by atoms with Crippen molar-refractivity contribution in [1.29, 1.82) is 0 Å². The Morgan fingerprint density at radius 2 is 2.10 bits per heavy atom. The molecule has 1 aliphatic rings. The van der Waals surface area contributed by atoms with Gasteiger partial charge in [-0.05, 0) is 30.1 Å². The second kappa shape index (κ2) is 4.96. The van der Waals surface area contributed by atoms with Crippen LogP contribution >= 0.6 is 0 Å². The maximum Gasteiger partial charge on any atom is 0.275 e. The van der Waals surface area contributed by atoms with Crippen molar-refractivity contribution in [3.05, 3.63) is 41.2 Å². The van der Waals surface area contributed by atoms with Crippen molar-refractivity contribution >= 4 is 15.7 Å². The predicted molar refractivity (Wildman–Crippen MR) is 72.4 cm³/mol. The number of rotatable bonds is 2. The molecule has 0 saturated carbocycles. The Balaban J connectivity index is 1.91. The zero-order valence-electron chi connectivity index (χ0n) is 11.2. The first kappa shape index (κ1) is 13.7. The van der Waals surface area contributed by atoms with Gasteiger partial charge in [0.2, 0.25) is 0 Å². The van der Waals surface area contributed by atoms with Gasteiger partial charge in [0, 0.05) is 0 Å². The minimum Gasteiger partial charge on any atom is -0.344 e. The van der Waals surface area contributed by atoms with Crippen LogP contribution in [0.4, 0.5) is 0 Å².